The van der Waals surface area contributed by atoms with Gasteiger partial charge in [-0.15, -0.1) is 0 Å². The molecule has 0 aliphatic carbocycles. The zero-order chi connectivity index (χ0) is 19.1. The number of aromatic carboxylic acids is 1. The van der Waals surface area contributed by atoms with Gasteiger partial charge >= 0.3 is 12.0 Å². The molecule has 1 aliphatic rings. The van der Waals surface area contributed by atoms with Crippen molar-refractivity contribution in [1.29, 1.82) is 0 Å². The van der Waals surface area contributed by atoms with Crippen LogP contribution < -0.4 is 15.5 Å². The smallest absolute Gasteiger partial charge is 0.335 e. The number of aromatic nitrogens is 1. The lowest BCUT2D eigenvalue weighted by atomic mass is 10.1. The second-order valence-corrected chi connectivity index (χ2v) is 6.12. The minimum atomic E-state index is -0.972. The number of carbonyl (C=O) groups is 2. The highest BCUT2D eigenvalue weighted by Crippen LogP contribution is 2.18. The van der Waals surface area contributed by atoms with Gasteiger partial charge in [-0.25, -0.2) is 14.6 Å². The summed E-state index contributed by atoms with van der Waals surface area (Å²) in [5, 5.41) is 14.5. The molecule has 1 aromatic heterocycles. The molecule has 1 saturated heterocycles. The highest BCUT2D eigenvalue weighted by Gasteiger charge is 2.16. The van der Waals surface area contributed by atoms with E-state index in [1.807, 2.05) is 12.1 Å². The quantitative estimate of drug-likeness (QED) is 0.714. The number of morpholine rings is 1. The first-order valence-electron chi connectivity index (χ1n) is 8.74. The summed E-state index contributed by atoms with van der Waals surface area (Å²) in [7, 11) is 0. The molecule has 27 heavy (non-hydrogen) atoms. The van der Waals surface area contributed by atoms with Crippen molar-refractivity contribution in [1.82, 2.24) is 15.6 Å². The van der Waals surface area contributed by atoms with Crippen LogP contribution in [0.1, 0.15) is 21.5 Å². The molecule has 3 rings (SSSR count). The number of rotatable bonds is 6. The monoisotopic (exact) mass is 370 g/mol. The van der Waals surface area contributed by atoms with Crippen molar-refractivity contribution >= 4 is 17.8 Å². The number of benzene rings is 1. The van der Waals surface area contributed by atoms with E-state index in [1.54, 1.807) is 18.3 Å². The summed E-state index contributed by atoms with van der Waals surface area (Å²) in [6.45, 7) is 3.58. The molecular weight excluding hydrogens is 348 g/mol. The number of anilines is 1. The number of ether oxygens (including phenoxy) is 1. The maximum atomic E-state index is 12.1. The third-order valence-electron chi connectivity index (χ3n) is 4.27. The average molecular weight is 370 g/mol. The number of hydrogen-bond donors (Lipinski definition) is 3. The highest BCUT2D eigenvalue weighted by atomic mass is 16.5. The number of carbonyl (C=O) groups excluding carboxylic acids is 1. The van der Waals surface area contributed by atoms with Crippen LogP contribution in [-0.4, -0.2) is 48.4 Å². The van der Waals surface area contributed by atoms with Crippen molar-refractivity contribution in [3.05, 3.63) is 59.3 Å². The van der Waals surface area contributed by atoms with Gasteiger partial charge in [-0.05, 0) is 23.8 Å². The Morgan fingerprint density at radius 3 is 2.48 bits per heavy atom. The summed E-state index contributed by atoms with van der Waals surface area (Å²) in [4.78, 5) is 29.5. The average Bonchev–Trinajstić information content (AvgIpc) is 2.72. The Kier molecular flexibility index (Phi) is 6.22. The van der Waals surface area contributed by atoms with Gasteiger partial charge in [-0.3, -0.25) is 0 Å². The Balaban J connectivity index is 1.51. The first-order chi connectivity index (χ1) is 13.1. The topological polar surface area (TPSA) is 104 Å². The number of urea groups is 1. The lowest BCUT2D eigenvalue weighted by Crippen LogP contribution is -2.38. The van der Waals surface area contributed by atoms with Crippen LogP contribution >= 0.6 is 0 Å². The number of hydrogen-bond acceptors (Lipinski definition) is 5. The predicted molar refractivity (Wildman–Crippen MR) is 99.7 cm³/mol. The minimum absolute atomic E-state index is 0.218. The van der Waals surface area contributed by atoms with Crippen LogP contribution in [0.5, 0.6) is 0 Å². The second kappa shape index (κ2) is 9.00. The van der Waals surface area contributed by atoms with Crippen LogP contribution in [-0.2, 0) is 17.8 Å². The molecule has 1 aromatic carbocycles. The Labute approximate surface area is 157 Å². The van der Waals surface area contributed by atoms with E-state index >= 15 is 0 Å². The third-order valence-corrected chi connectivity index (χ3v) is 4.27. The maximum absolute atomic E-state index is 12.1. The minimum Gasteiger partial charge on any atom is -0.478 e. The molecule has 0 unspecified atom stereocenters. The molecule has 0 bridgehead atoms. The summed E-state index contributed by atoms with van der Waals surface area (Å²) >= 11 is 0. The van der Waals surface area contributed by atoms with Crippen LogP contribution in [0.4, 0.5) is 10.6 Å². The molecule has 0 spiro atoms. The van der Waals surface area contributed by atoms with Crippen molar-refractivity contribution in [3.8, 4) is 0 Å². The predicted octanol–water partition coefficient (Wildman–Crippen LogP) is 1.62. The molecular formula is C19H22N4O4. The molecule has 3 N–H and O–H groups in total. The first-order valence-corrected chi connectivity index (χ1v) is 8.74. The maximum Gasteiger partial charge on any atom is 0.335 e. The van der Waals surface area contributed by atoms with Crippen molar-refractivity contribution < 1.29 is 19.4 Å². The molecule has 0 saturated carbocycles. The van der Waals surface area contributed by atoms with Gasteiger partial charge in [0.15, 0.2) is 0 Å². The Bertz CT molecular complexity index is 789. The molecule has 142 valence electrons. The lowest BCUT2D eigenvalue weighted by molar-refractivity contribution is 0.0697. The van der Waals surface area contributed by atoms with Crippen LogP contribution in [0.25, 0.3) is 0 Å². The van der Waals surface area contributed by atoms with Gasteiger partial charge in [0.05, 0.1) is 18.8 Å². The Hall–Kier alpha value is -3.13. The van der Waals surface area contributed by atoms with Crippen molar-refractivity contribution in [2.45, 2.75) is 13.1 Å². The zero-order valence-electron chi connectivity index (χ0n) is 14.9. The van der Waals surface area contributed by atoms with Gasteiger partial charge in [0.25, 0.3) is 0 Å². The van der Waals surface area contributed by atoms with Gasteiger partial charge in [-0.2, -0.15) is 0 Å². The fourth-order valence-electron chi connectivity index (χ4n) is 2.81. The van der Waals surface area contributed by atoms with Crippen LogP contribution in [0.15, 0.2) is 42.6 Å². The molecule has 0 radical (unpaired) electrons. The summed E-state index contributed by atoms with van der Waals surface area (Å²) < 4.78 is 5.37. The Morgan fingerprint density at radius 2 is 1.78 bits per heavy atom. The van der Waals surface area contributed by atoms with Gasteiger partial charge in [0.1, 0.15) is 5.82 Å². The number of carboxylic acids is 1. The van der Waals surface area contributed by atoms with Crippen molar-refractivity contribution in [2.24, 2.45) is 0 Å². The van der Waals surface area contributed by atoms with E-state index in [2.05, 4.69) is 20.5 Å². The molecule has 1 fully saturated rings. The fourth-order valence-corrected chi connectivity index (χ4v) is 2.81. The van der Waals surface area contributed by atoms with Crippen molar-refractivity contribution in [3.63, 3.8) is 0 Å². The molecule has 2 aromatic rings. The Morgan fingerprint density at radius 1 is 1.07 bits per heavy atom. The van der Waals surface area contributed by atoms with Gasteiger partial charge in [0, 0.05) is 37.9 Å². The molecule has 8 heteroatoms. The summed E-state index contributed by atoms with van der Waals surface area (Å²) in [6, 6.07) is 9.89. The largest absolute Gasteiger partial charge is 0.478 e. The number of amides is 2. The summed E-state index contributed by atoms with van der Waals surface area (Å²) in [6.07, 6.45) is 1.75. The number of pyridine rings is 1. The summed E-state index contributed by atoms with van der Waals surface area (Å²) in [5.74, 6) is -0.106. The van der Waals surface area contributed by atoms with E-state index in [9.17, 15) is 9.59 Å². The highest BCUT2D eigenvalue weighted by molar-refractivity contribution is 5.87. The number of nitrogens with one attached hydrogen (secondary N) is 2. The van der Waals surface area contributed by atoms with Crippen LogP contribution in [0.3, 0.4) is 0 Å². The normalized spacial score (nSPS) is 13.9. The van der Waals surface area contributed by atoms with Crippen LogP contribution in [0, 0.1) is 0 Å². The fraction of sp³-hybridized carbons (Fsp3) is 0.316. The van der Waals surface area contributed by atoms with Gasteiger partial charge < -0.3 is 25.4 Å². The van der Waals surface area contributed by atoms with Gasteiger partial charge in [0.2, 0.25) is 0 Å². The third kappa shape index (κ3) is 5.18. The summed E-state index contributed by atoms with van der Waals surface area (Å²) in [5.41, 5.74) is 1.99. The van der Waals surface area contributed by atoms with E-state index in [1.165, 1.54) is 12.1 Å². The second-order valence-electron chi connectivity index (χ2n) is 6.12. The van der Waals surface area contributed by atoms with Gasteiger partial charge in [-0.1, -0.05) is 18.2 Å². The molecule has 1 aliphatic heterocycles. The molecule has 2 heterocycles. The number of nitrogens with zero attached hydrogens (tertiary/aromatic N) is 2. The lowest BCUT2D eigenvalue weighted by Gasteiger charge is -2.29. The first kappa shape index (κ1) is 18.7. The molecule has 2 amide bonds. The van der Waals surface area contributed by atoms with Crippen molar-refractivity contribution in [2.75, 3.05) is 31.2 Å². The number of carboxylic acid groups (broad SMARTS) is 1. The van der Waals surface area contributed by atoms with E-state index in [-0.39, 0.29) is 11.6 Å². The van der Waals surface area contributed by atoms with Crippen LogP contribution in [0.2, 0.25) is 0 Å². The molecule has 0 atom stereocenters. The standard InChI is InChI=1S/C19H22N4O4/c24-18(25)15-5-3-14(4-6-15)12-21-19(26)22-13-16-2-1-7-20-17(16)23-8-10-27-11-9-23/h1-7H,8-13H2,(H,24,25)(H2,21,22,26). The zero-order valence-corrected chi connectivity index (χ0v) is 14.9. The van der Waals surface area contributed by atoms with E-state index in [4.69, 9.17) is 9.84 Å². The SMILES string of the molecule is O=C(NCc1ccc(C(=O)O)cc1)NCc1cccnc1N1CCOCC1. The van der Waals surface area contributed by atoms with E-state index in [0.717, 1.165) is 30.0 Å². The van der Waals surface area contributed by atoms with E-state index < -0.39 is 5.97 Å². The molecule has 8 nitrogen and oxygen atoms in total. The van der Waals surface area contributed by atoms with E-state index in [0.29, 0.717) is 26.3 Å².